The number of aliphatic imine (C=N–C) groups is 1. The zero-order valence-electron chi connectivity index (χ0n) is 13.2. The minimum absolute atomic E-state index is 0.154. The first-order chi connectivity index (χ1) is 11.5. The average Bonchev–Trinajstić information content (AvgIpc) is 2.79. The monoisotopic (exact) mass is 344 g/mol. The SMILES string of the molecule is CC1=C(c2ccc(F)cc2)S(=O)(=O)NC1=NCCc1ccccc1. The molecular formula is C18H17FN2O2S. The molecule has 0 saturated heterocycles. The molecule has 0 amide bonds. The number of halogens is 1. The summed E-state index contributed by atoms with van der Waals surface area (Å²) in [5.74, 6) is -0.0534. The molecule has 4 nitrogen and oxygen atoms in total. The van der Waals surface area contributed by atoms with Gasteiger partial charge in [-0.25, -0.2) is 12.8 Å². The molecular weight excluding hydrogens is 327 g/mol. The van der Waals surface area contributed by atoms with Crippen molar-refractivity contribution in [2.75, 3.05) is 6.54 Å². The minimum atomic E-state index is -3.67. The summed E-state index contributed by atoms with van der Waals surface area (Å²) in [6, 6.07) is 15.3. The van der Waals surface area contributed by atoms with Crippen molar-refractivity contribution in [1.82, 2.24) is 4.72 Å². The van der Waals surface area contributed by atoms with E-state index >= 15 is 0 Å². The van der Waals surface area contributed by atoms with E-state index in [0.29, 0.717) is 23.5 Å². The van der Waals surface area contributed by atoms with E-state index in [4.69, 9.17) is 0 Å². The van der Waals surface area contributed by atoms with Crippen LogP contribution >= 0.6 is 0 Å². The summed E-state index contributed by atoms with van der Waals surface area (Å²) < 4.78 is 40.3. The van der Waals surface area contributed by atoms with Gasteiger partial charge in [0.25, 0.3) is 10.0 Å². The molecule has 0 radical (unpaired) electrons. The van der Waals surface area contributed by atoms with Gasteiger partial charge < -0.3 is 0 Å². The molecule has 3 rings (SSSR count). The van der Waals surface area contributed by atoms with E-state index in [2.05, 4.69) is 9.71 Å². The van der Waals surface area contributed by atoms with Crippen LogP contribution in [0.15, 0.2) is 65.2 Å². The van der Waals surface area contributed by atoms with E-state index in [1.165, 1.54) is 24.3 Å². The fraction of sp³-hybridized carbons (Fsp3) is 0.167. The highest BCUT2D eigenvalue weighted by atomic mass is 32.2. The normalized spacial score (nSPS) is 18.0. The van der Waals surface area contributed by atoms with Crippen molar-refractivity contribution in [3.05, 3.63) is 77.1 Å². The second kappa shape index (κ2) is 6.57. The Morgan fingerprint density at radius 3 is 2.38 bits per heavy atom. The Balaban J connectivity index is 1.85. The molecule has 2 aromatic rings. The Kier molecular flexibility index (Phi) is 4.49. The predicted octanol–water partition coefficient (Wildman–Crippen LogP) is 3.13. The second-order valence-corrected chi connectivity index (χ2v) is 7.15. The van der Waals surface area contributed by atoms with Gasteiger partial charge >= 0.3 is 0 Å². The van der Waals surface area contributed by atoms with Gasteiger partial charge in [-0.2, -0.15) is 0 Å². The molecule has 0 spiro atoms. The number of nitrogens with one attached hydrogen (secondary N) is 1. The summed E-state index contributed by atoms with van der Waals surface area (Å²) >= 11 is 0. The van der Waals surface area contributed by atoms with Crippen LogP contribution in [0.1, 0.15) is 18.1 Å². The van der Waals surface area contributed by atoms with Crippen molar-refractivity contribution in [3.8, 4) is 0 Å². The molecule has 0 unspecified atom stereocenters. The fourth-order valence-electron chi connectivity index (χ4n) is 2.63. The second-order valence-electron chi connectivity index (χ2n) is 5.53. The molecule has 1 aliphatic rings. The van der Waals surface area contributed by atoms with Crippen LogP contribution in [-0.4, -0.2) is 20.8 Å². The Morgan fingerprint density at radius 1 is 1.04 bits per heavy atom. The van der Waals surface area contributed by atoms with E-state index in [0.717, 1.165) is 12.0 Å². The molecule has 1 heterocycles. The molecule has 124 valence electrons. The summed E-state index contributed by atoms with van der Waals surface area (Å²) in [4.78, 5) is 4.54. The summed E-state index contributed by atoms with van der Waals surface area (Å²) in [6.45, 7) is 2.19. The van der Waals surface area contributed by atoms with Gasteiger partial charge in [-0.15, -0.1) is 0 Å². The molecule has 0 fully saturated rings. The molecule has 6 heteroatoms. The molecule has 2 aromatic carbocycles. The lowest BCUT2D eigenvalue weighted by Crippen LogP contribution is -2.24. The zero-order valence-corrected chi connectivity index (χ0v) is 14.0. The Morgan fingerprint density at radius 2 is 1.71 bits per heavy atom. The van der Waals surface area contributed by atoms with Gasteiger partial charge in [-0.3, -0.25) is 9.71 Å². The minimum Gasteiger partial charge on any atom is -0.267 e. The predicted molar refractivity (Wildman–Crippen MR) is 93.5 cm³/mol. The highest BCUT2D eigenvalue weighted by molar-refractivity contribution is 8.00. The Bertz CT molecular complexity index is 902. The van der Waals surface area contributed by atoms with Crippen LogP contribution in [0, 0.1) is 5.82 Å². The molecule has 0 bridgehead atoms. The fourth-order valence-corrected chi connectivity index (χ4v) is 4.15. The molecule has 0 aromatic heterocycles. The maximum atomic E-state index is 13.1. The highest BCUT2D eigenvalue weighted by Crippen LogP contribution is 2.29. The summed E-state index contributed by atoms with van der Waals surface area (Å²) in [5.41, 5.74) is 2.15. The van der Waals surface area contributed by atoms with Gasteiger partial charge in [0.05, 0.1) is 0 Å². The van der Waals surface area contributed by atoms with Crippen molar-refractivity contribution in [2.45, 2.75) is 13.3 Å². The number of nitrogens with zero attached hydrogens (tertiary/aromatic N) is 1. The topological polar surface area (TPSA) is 58.5 Å². The van der Waals surface area contributed by atoms with Crippen LogP contribution in [0.3, 0.4) is 0 Å². The third-order valence-electron chi connectivity index (χ3n) is 3.82. The molecule has 1 N–H and O–H groups in total. The van der Waals surface area contributed by atoms with Crippen LogP contribution < -0.4 is 4.72 Å². The molecule has 0 aliphatic carbocycles. The van der Waals surface area contributed by atoms with Crippen molar-refractivity contribution >= 4 is 20.8 Å². The van der Waals surface area contributed by atoms with Gasteiger partial charge in [-0.1, -0.05) is 42.5 Å². The standard InChI is InChI=1S/C18H17FN2O2S/c1-13-17(15-7-9-16(19)10-8-15)24(22,23)21-18(13)20-12-11-14-5-3-2-4-6-14/h2-10H,11-12H2,1H3,(H,20,21). The first-order valence-corrected chi connectivity index (χ1v) is 9.04. The lowest BCUT2D eigenvalue weighted by atomic mass is 10.1. The number of hydrogen-bond donors (Lipinski definition) is 1. The van der Waals surface area contributed by atoms with Crippen molar-refractivity contribution in [2.24, 2.45) is 4.99 Å². The van der Waals surface area contributed by atoms with Gasteiger partial charge in [-0.05, 0) is 36.6 Å². The van der Waals surface area contributed by atoms with Crippen molar-refractivity contribution < 1.29 is 12.8 Å². The maximum Gasteiger partial charge on any atom is 0.264 e. The smallest absolute Gasteiger partial charge is 0.264 e. The van der Waals surface area contributed by atoms with Crippen molar-refractivity contribution in [1.29, 1.82) is 0 Å². The summed E-state index contributed by atoms with van der Waals surface area (Å²) in [6.07, 6.45) is 0.727. The molecule has 0 saturated carbocycles. The Labute approximate surface area is 140 Å². The van der Waals surface area contributed by atoms with E-state index in [1.807, 2.05) is 30.3 Å². The summed E-state index contributed by atoms with van der Waals surface area (Å²) in [5, 5.41) is 0. The van der Waals surface area contributed by atoms with Gasteiger partial charge in [0.1, 0.15) is 16.6 Å². The largest absolute Gasteiger partial charge is 0.267 e. The van der Waals surface area contributed by atoms with E-state index in [-0.39, 0.29) is 4.91 Å². The molecule has 24 heavy (non-hydrogen) atoms. The molecule has 0 atom stereocenters. The first kappa shape index (κ1) is 16.4. The number of benzene rings is 2. The van der Waals surface area contributed by atoms with Gasteiger partial charge in [0.15, 0.2) is 0 Å². The number of rotatable bonds is 4. The third kappa shape index (κ3) is 3.38. The highest BCUT2D eigenvalue weighted by Gasteiger charge is 2.32. The van der Waals surface area contributed by atoms with Crippen LogP contribution in [-0.2, 0) is 16.4 Å². The van der Waals surface area contributed by atoms with Crippen LogP contribution in [0.4, 0.5) is 4.39 Å². The van der Waals surface area contributed by atoms with E-state index in [1.54, 1.807) is 6.92 Å². The molecule has 1 aliphatic heterocycles. The van der Waals surface area contributed by atoms with Crippen LogP contribution in [0.2, 0.25) is 0 Å². The Hall–Kier alpha value is -2.47. The lowest BCUT2D eigenvalue weighted by Gasteiger charge is -2.02. The zero-order chi connectivity index (χ0) is 17.2. The number of hydrogen-bond acceptors (Lipinski definition) is 3. The first-order valence-electron chi connectivity index (χ1n) is 7.56. The number of amidine groups is 1. The third-order valence-corrected chi connectivity index (χ3v) is 5.36. The van der Waals surface area contributed by atoms with Crippen LogP contribution in [0.25, 0.3) is 4.91 Å². The van der Waals surface area contributed by atoms with Gasteiger partial charge in [0, 0.05) is 12.1 Å². The van der Waals surface area contributed by atoms with Crippen LogP contribution in [0.5, 0.6) is 0 Å². The van der Waals surface area contributed by atoms with E-state index < -0.39 is 15.8 Å². The maximum absolute atomic E-state index is 13.1. The average molecular weight is 344 g/mol. The van der Waals surface area contributed by atoms with E-state index in [9.17, 15) is 12.8 Å². The van der Waals surface area contributed by atoms with Gasteiger partial charge in [0.2, 0.25) is 0 Å². The lowest BCUT2D eigenvalue weighted by molar-refractivity contribution is 0.603. The number of sulfonamides is 1. The van der Waals surface area contributed by atoms with Crippen molar-refractivity contribution in [3.63, 3.8) is 0 Å². The summed E-state index contributed by atoms with van der Waals surface area (Å²) in [7, 11) is -3.67. The quantitative estimate of drug-likeness (QED) is 0.926.